The van der Waals surface area contributed by atoms with Gasteiger partial charge >= 0.3 is 0 Å². The Balaban J connectivity index is 2.09. The molecule has 3 rings (SSSR count). The first-order chi connectivity index (χ1) is 10.2. The zero-order chi connectivity index (χ0) is 14.8. The van der Waals surface area contributed by atoms with Gasteiger partial charge in [-0.05, 0) is 26.0 Å². The van der Waals surface area contributed by atoms with Crippen molar-refractivity contribution in [3.8, 4) is 11.6 Å². The van der Waals surface area contributed by atoms with Gasteiger partial charge in [0.05, 0.1) is 5.56 Å². The summed E-state index contributed by atoms with van der Waals surface area (Å²) in [6.45, 7) is 3.77. The fraction of sp³-hybridized carbons (Fsp3) is 0.188. The van der Waals surface area contributed by atoms with E-state index in [1.54, 1.807) is 6.20 Å². The van der Waals surface area contributed by atoms with E-state index in [1.165, 1.54) is 0 Å². The minimum absolute atomic E-state index is 0.546. The molecule has 5 nitrogen and oxygen atoms in total. The molecule has 0 unspecified atom stereocenters. The number of nitrogens with zero attached hydrogens (tertiary/aromatic N) is 3. The number of hydrogen-bond acceptors (Lipinski definition) is 5. The average Bonchev–Trinajstić information content (AvgIpc) is 2.51. The molecule has 21 heavy (non-hydrogen) atoms. The van der Waals surface area contributed by atoms with Gasteiger partial charge in [-0.15, -0.1) is 0 Å². The minimum Gasteiger partial charge on any atom is -0.436 e. The van der Waals surface area contributed by atoms with Gasteiger partial charge < -0.3 is 10.1 Å². The molecule has 1 aromatic carbocycles. The van der Waals surface area contributed by atoms with Crippen molar-refractivity contribution in [3.05, 3.63) is 47.9 Å². The van der Waals surface area contributed by atoms with E-state index in [9.17, 15) is 0 Å². The third-order valence-electron chi connectivity index (χ3n) is 3.25. The maximum absolute atomic E-state index is 5.99. The largest absolute Gasteiger partial charge is 0.436 e. The van der Waals surface area contributed by atoms with E-state index in [0.717, 1.165) is 22.3 Å². The Morgan fingerprint density at radius 3 is 2.67 bits per heavy atom. The highest BCUT2D eigenvalue weighted by molar-refractivity contribution is 5.84. The molecule has 0 amide bonds. The zero-order valence-electron chi connectivity index (χ0n) is 12.2. The fourth-order valence-electron chi connectivity index (χ4n) is 2.21. The maximum atomic E-state index is 5.99. The minimum atomic E-state index is 0.546. The summed E-state index contributed by atoms with van der Waals surface area (Å²) in [4.78, 5) is 13.1. The van der Waals surface area contributed by atoms with Gasteiger partial charge in [0.2, 0.25) is 5.88 Å². The van der Waals surface area contributed by atoms with Crippen molar-refractivity contribution >= 4 is 16.7 Å². The van der Waals surface area contributed by atoms with Crippen LogP contribution in [0.15, 0.2) is 36.5 Å². The topological polar surface area (TPSA) is 59.9 Å². The van der Waals surface area contributed by atoms with E-state index in [2.05, 4.69) is 20.3 Å². The molecule has 0 bridgehead atoms. The molecule has 2 aromatic heterocycles. The lowest BCUT2D eigenvalue weighted by molar-refractivity contribution is 0.460. The number of pyridine rings is 1. The van der Waals surface area contributed by atoms with Gasteiger partial charge in [0.15, 0.2) is 5.75 Å². The molecule has 0 aliphatic heterocycles. The normalized spacial score (nSPS) is 10.6. The number of rotatable bonds is 3. The van der Waals surface area contributed by atoms with Crippen LogP contribution in [0.5, 0.6) is 11.6 Å². The SMILES string of the molecule is CNc1nc(C)nc(Oc2cccc3cccnc23)c1C. The summed E-state index contributed by atoms with van der Waals surface area (Å²) in [7, 11) is 1.83. The first-order valence-corrected chi connectivity index (χ1v) is 6.73. The van der Waals surface area contributed by atoms with Crippen LogP contribution in [0.3, 0.4) is 0 Å². The highest BCUT2D eigenvalue weighted by Gasteiger charge is 2.12. The van der Waals surface area contributed by atoms with Crippen LogP contribution >= 0.6 is 0 Å². The number of aromatic nitrogens is 3. The van der Waals surface area contributed by atoms with Crippen molar-refractivity contribution in [2.24, 2.45) is 0 Å². The van der Waals surface area contributed by atoms with E-state index >= 15 is 0 Å². The van der Waals surface area contributed by atoms with Crippen molar-refractivity contribution in [3.63, 3.8) is 0 Å². The van der Waals surface area contributed by atoms with Gasteiger partial charge in [0, 0.05) is 18.6 Å². The lowest BCUT2D eigenvalue weighted by atomic mass is 10.2. The predicted octanol–water partition coefficient (Wildman–Crippen LogP) is 3.48. The molecular weight excluding hydrogens is 264 g/mol. The van der Waals surface area contributed by atoms with Gasteiger partial charge in [-0.1, -0.05) is 18.2 Å². The van der Waals surface area contributed by atoms with Gasteiger partial charge in [0.25, 0.3) is 0 Å². The molecule has 0 radical (unpaired) electrons. The maximum Gasteiger partial charge on any atom is 0.227 e. The number of fused-ring (bicyclic) bond motifs is 1. The molecule has 0 saturated heterocycles. The third-order valence-corrected chi connectivity index (χ3v) is 3.25. The highest BCUT2D eigenvalue weighted by Crippen LogP contribution is 2.30. The number of aryl methyl sites for hydroxylation is 1. The molecule has 1 N–H and O–H groups in total. The molecule has 2 heterocycles. The quantitative estimate of drug-likeness (QED) is 0.796. The van der Waals surface area contributed by atoms with Crippen molar-refractivity contribution in [2.75, 3.05) is 12.4 Å². The van der Waals surface area contributed by atoms with Crippen LogP contribution in [0, 0.1) is 13.8 Å². The van der Waals surface area contributed by atoms with E-state index in [1.807, 2.05) is 51.2 Å². The first-order valence-electron chi connectivity index (χ1n) is 6.73. The second kappa shape index (κ2) is 5.36. The number of ether oxygens (including phenoxy) is 1. The van der Waals surface area contributed by atoms with Gasteiger partial charge in [0.1, 0.15) is 17.2 Å². The number of anilines is 1. The Hall–Kier alpha value is -2.69. The molecule has 0 spiro atoms. The van der Waals surface area contributed by atoms with Gasteiger partial charge in [-0.3, -0.25) is 4.98 Å². The average molecular weight is 280 g/mol. The molecule has 0 saturated carbocycles. The number of benzene rings is 1. The van der Waals surface area contributed by atoms with Crippen molar-refractivity contribution < 1.29 is 4.74 Å². The molecule has 5 heteroatoms. The molecule has 0 aliphatic rings. The van der Waals surface area contributed by atoms with E-state index in [0.29, 0.717) is 17.5 Å². The fourth-order valence-corrected chi connectivity index (χ4v) is 2.21. The summed E-state index contributed by atoms with van der Waals surface area (Å²) in [6.07, 6.45) is 1.76. The van der Waals surface area contributed by atoms with Gasteiger partial charge in [-0.25, -0.2) is 4.98 Å². The van der Waals surface area contributed by atoms with E-state index < -0.39 is 0 Å². The highest BCUT2D eigenvalue weighted by atomic mass is 16.5. The summed E-state index contributed by atoms with van der Waals surface area (Å²) in [6, 6.07) is 9.76. The van der Waals surface area contributed by atoms with E-state index in [4.69, 9.17) is 4.74 Å². The second-order valence-electron chi connectivity index (χ2n) is 4.73. The Labute approximate surface area is 123 Å². The predicted molar refractivity (Wildman–Crippen MR) is 82.9 cm³/mol. The first kappa shape index (κ1) is 13.3. The lowest BCUT2D eigenvalue weighted by Gasteiger charge is -2.12. The number of nitrogens with one attached hydrogen (secondary N) is 1. The van der Waals surface area contributed by atoms with Crippen molar-refractivity contribution in [2.45, 2.75) is 13.8 Å². The second-order valence-corrected chi connectivity index (χ2v) is 4.73. The smallest absolute Gasteiger partial charge is 0.227 e. The summed E-state index contributed by atoms with van der Waals surface area (Å²) >= 11 is 0. The monoisotopic (exact) mass is 280 g/mol. The Kier molecular flexibility index (Phi) is 3.39. The Morgan fingerprint density at radius 1 is 1.05 bits per heavy atom. The Morgan fingerprint density at radius 2 is 1.86 bits per heavy atom. The van der Waals surface area contributed by atoms with Crippen LogP contribution in [-0.4, -0.2) is 22.0 Å². The van der Waals surface area contributed by atoms with Crippen LogP contribution in [-0.2, 0) is 0 Å². The molecule has 106 valence electrons. The van der Waals surface area contributed by atoms with Crippen LogP contribution in [0.25, 0.3) is 10.9 Å². The summed E-state index contributed by atoms with van der Waals surface area (Å²) in [5.41, 5.74) is 1.69. The number of hydrogen-bond donors (Lipinski definition) is 1. The van der Waals surface area contributed by atoms with Crippen LogP contribution in [0.4, 0.5) is 5.82 Å². The van der Waals surface area contributed by atoms with Crippen molar-refractivity contribution in [1.29, 1.82) is 0 Å². The lowest BCUT2D eigenvalue weighted by Crippen LogP contribution is -2.03. The van der Waals surface area contributed by atoms with Crippen LogP contribution in [0.2, 0.25) is 0 Å². The third kappa shape index (κ3) is 2.50. The summed E-state index contributed by atoms with van der Waals surface area (Å²) in [5.74, 6) is 2.67. The molecular formula is C16H16N4O. The summed E-state index contributed by atoms with van der Waals surface area (Å²) in [5, 5.41) is 4.09. The number of para-hydroxylation sites is 1. The molecule has 0 atom stereocenters. The van der Waals surface area contributed by atoms with Crippen molar-refractivity contribution in [1.82, 2.24) is 15.0 Å². The summed E-state index contributed by atoms with van der Waals surface area (Å²) < 4.78 is 5.99. The standard InChI is InChI=1S/C16H16N4O/c1-10-15(17-3)19-11(2)20-16(10)21-13-8-4-6-12-7-5-9-18-14(12)13/h4-9H,1-3H3,(H,17,19,20). The zero-order valence-corrected chi connectivity index (χ0v) is 12.2. The van der Waals surface area contributed by atoms with Crippen LogP contribution < -0.4 is 10.1 Å². The molecule has 0 aliphatic carbocycles. The van der Waals surface area contributed by atoms with E-state index in [-0.39, 0.29) is 0 Å². The Bertz CT molecular complexity index is 796. The molecule has 0 fully saturated rings. The van der Waals surface area contributed by atoms with Gasteiger partial charge in [-0.2, -0.15) is 4.98 Å². The van der Waals surface area contributed by atoms with Crippen LogP contribution in [0.1, 0.15) is 11.4 Å². The molecule has 3 aromatic rings.